The van der Waals surface area contributed by atoms with Gasteiger partial charge in [-0.3, -0.25) is 10.2 Å². The molecule has 1 heterocycles. The number of nitrogen functional groups attached to an aromatic ring is 1. The molecule has 4 nitrogen and oxygen atoms in total. The van der Waals surface area contributed by atoms with E-state index < -0.39 is 0 Å². The van der Waals surface area contributed by atoms with Crippen LogP contribution in [-0.4, -0.2) is 10.9 Å². The molecule has 0 atom stereocenters. The monoisotopic (exact) mass is 269 g/mol. The van der Waals surface area contributed by atoms with Crippen molar-refractivity contribution >= 4 is 27.5 Å². The van der Waals surface area contributed by atoms with Gasteiger partial charge in [-0.2, -0.15) is 0 Å². The number of fused-ring (bicyclic) bond motifs is 1. The van der Waals surface area contributed by atoms with E-state index in [1.807, 2.05) is 36.4 Å². The lowest BCUT2D eigenvalue weighted by molar-refractivity contribution is 0.0953. The number of rotatable bonds is 2. The minimum Gasteiger partial charge on any atom is -0.290 e. The number of carbonyl (C=O) groups excluding carboxylic acids is 1. The SMILES string of the molecule is NNC(=O)c1ccc(-c2nc3ccccc3s2)cc1. The summed E-state index contributed by atoms with van der Waals surface area (Å²) in [5.74, 6) is 4.80. The molecule has 0 aliphatic rings. The van der Waals surface area contributed by atoms with Crippen molar-refractivity contribution in [3.05, 3.63) is 54.1 Å². The lowest BCUT2D eigenvalue weighted by atomic mass is 10.1. The Balaban J connectivity index is 1.99. The van der Waals surface area contributed by atoms with Crippen LogP contribution >= 0.6 is 11.3 Å². The van der Waals surface area contributed by atoms with Crippen LogP contribution in [0.5, 0.6) is 0 Å². The van der Waals surface area contributed by atoms with Gasteiger partial charge in [0.25, 0.3) is 5.91 Å². The van der Waals surface area contributed by atoms with Crippen LogP contribution in [0.15, 0.2) is 48.5 Å². The first-order valence-electron chi connectivity index (χ1n) is 5.75. The summed E-state index contributed by atoms with van der Waals surface area (Å²) in [7, 11) is 0. The van der Waals surface area contributed by atoms with Gasteiger partial charge in [0, 0.05) is 11.1 Å². The smallest absolute Gasteiger partial charge is 0.265 e. The van der Waals surface area contributed by atoms with Crippen molar-refractivity contribution in [1.82, 2.24) is 10.4 Å². The molecule has 0 unspecified atom stereocenters. The second kappa shape index (κ2) is 4.79. The summed E-state index contributed by atoms with van der Waals surface area (Å²) < 4.78 is 1.15. The molecule has 3 rings (SSSR count). The molecule has 0 fully saturated rings. The van der Waals surface area contributed by atoms with E-state index in [9.17, 15) is 4.79 Å². The van der Waals surface area contributed by atoms with Crippen LogP contribution < -0.4 is 11.3 Å². The summed E-state index contributed by atoms with van der Waals surface area (Å²) >= 11 is 1.63. The topological polar surface area (TPSA) is 68.0 Å². The predicted octanol–water partition coefficient (Wildman–Crippen LogP) is 2.57. The molecule has 1 amide bonds. The van der Waals surface area contributed by atoms with Crippen molar-refractivity contribution < 1.29 is 4.79 Å². The first kappa shape index (κ1) is 11.8. The third-order valence-electron chi connectivity index (χ3n) is 2.82. The Labute approximate surface area is 113 Å². The highest BCUT2D eigenvalue weighted by atomic mass is 32.1. The Morgan fingerprint density at radius 2 is 1.84 bits per heavy atom. The van der Waals surface area contributed by atoms with Crippen molar-refractivity contribution in [2.24, 2.45) is 5.84 Å². The fraction of sp³-hybridized carbons (Fsp3) is 0. The summed E-state index contributed by atoms with van der Waals surface area (Å²) in [6, 6.07) is 15.2. The lowest BCUT2D eigenvalue weighted by Gasteiger charge is -2.00. The number of amides is 1. The van der Waals surface area contributed by atoms with E-state index in [1.165, 1.54) is 0 Å². The fourth-order valence-electron chi connectivity index (χ4n) is 1.84. The minimum atomic E-state index is -0.296. The van der Waals surface area contributed by atoms with Gasteiger partial charge in [-0.15, -0.1) is 11.3 Å². The Bertz CT molecular complexity index is 701. The number of hydrazine groups is 1. The largest absolute Gasteiger partial charge is 0.290 e. The summed E-state index contributed by atoms with van der Waals surface area (Å²) in [5, 5.41) is 0.945. The van der Waals surface area contributed by atoms with Gasteiger partial charge in [0.15, 0.2) is 0 Å². The fourth-order valence-corrected chi connectivity index (χ4v) is 2.81. The number of hydrogen-bond acceptors (Lipinski definition) is 4. The van der Waals surface area contributed by atoms with Gasteiger partial charge < -0.3 is 0 Å². The molecule has 0 spiro atoms. The van der Waals surface area contributed by atoms with E-state index in [-0.39, 0.29) is 5.91 Å². The van der Waals surface area contributed by atoms with Crippen molar-refractivity contribution in [2.75, 3.05) is 0 Å². The molecule has 0 aliphatic carbocycles. The number of hydrogen-bond donors (Lipinski definition) is 2. The standard InChI is InChI=1S/C14H11N3OS/c15-17-13(18)9-5-7-10(8-6-9)14-16-11-3-1-2-4-12(11)19-14/h1-8H,15H2,(H,17,18). The molecule has 0 saturated carbocycles. The molecule has 0 saturated heterocycles. The highest BCUT2D eigenvalue weighted by Gasteiger charge is 2.07. The average molecular weight is 269 g/mol. The number of carbonyl (C=O) groups is 1. The van der Waals surface area contributed by atoms with Crippen LogP contribution in [0.1, 0.15) is 10.4 Å². The molecule has 0 bridgehead atoms. The van der Waals surface area contributed by atoms with Gasteiger partial charge in [0.2, 0.25) is 0 Å². The van der Waals surface area contributed by atoms with Crippen molar-refractivity contribution in [3.8, 4) is 10.6 Å². The minimum absolute atomic E-state index is 0.296. The summed E-state index contributed by atoms with van der Waals surface area (Å²) in [6.45, 7) is 0. The molecule has 0 radical (unpaired) electrons. The van der Waals surface area contributed by atoms with Crippen molar-refractivity contribution in [2.45, 2.75) is 0 Å². The number of benzene rings is 2. The Morgan fingerprint density at radius 1 is 1.11 bits per heavy atom. The third-order valence-corrected chi connectivity index (χ3v) is 3.90. The molecule has 19 heavy (non-hydrogen) atoms. The second-order valence-electron chi connectivity index (χ2n) is 4.04. The van der Waals surface area contributed by atoms with Crippen molar-refractivity contribution in [1.29, 1.82) is 0 Å². The van der Waals surface area contributed by atoms with Gasteiger partial charge in [-0.05, 0) is 24.3 Å². The maximum Gasteiger partial charge on any atom is 0.265 e. The van der Waals surface area contributed by atoms with E-state index in [2.05, 4.69) is 10.4 Å². The first-order valence-corrected chi connectivity index (χ1v) is 6.56. The van der Waals surface area contributed by atoms with E-state index in [0.717, 1.165) is 20.8 Å². The summed E-state index contributed by atoms with van der Waals surface area (Å²) in [4.78, 5) is 15.9. The number of nitrogens with one attached hydrogen (secondary N) is 1. The van der Waals surface area contributed by atoms with Crippen molar-refractivity contribution in [3.63, 3.8) is 0 Å². The quantitative estimate of drug-likeness (QED) is 0.427. The van der Waals surface area contributed by atoms with Crippen LogP contribution in [0, 0.1) is 0 Å². The average Bonchev–Trinajstić information content (AvgIpc) is 2.90. The maximum atomic E-state index is 11.4. The lowest BCUT2D eigenvalue weighted by Crippen LogP contribution is -2.29. The zero-order chi connectivity index (χ0) is 13.2. The van der Waals surface area contributed by atoms with Crippen LogP contribution in [0.2, 0.25) is 0 Å². The number of nitrogens with two attached hydrogens (primary N) is 1. The molecule has 3 aromatic rings. The van der Waals surface area contributed by atoms with Gasteiger partial charge in [0.05, 0.1) is 10.2 Å². The molecule has 2 aromatic carbocycles. The molecule has 1 aromatic heterocycles. The van der Waals surface area contributed by atoms with Crippen LogP contribution in [0.3, 0.4) is 0 Å². The highest BCUT2D eigenvalue weighted by molar-refractivity contribution is 7.21. The Morgan fingerprint density at radius 3 is 2.53 bits per heavy atom. The molecule has 94 valence electrons. The first-order chi connectivity index (χ1) is 9.28. The van der Waals surface area contributed by atoms with Gasteiger partial charge in [0.1, 0.15) is 5.01 Å². The zero-order valence-corrected chi connectivity index (χ0v) is 10.8. The molecule has 5 heteroatoms. The van der Waals surface area contributed by atoms with E-state index >= 15 is 0 Å². The predicted molar refractivity (Wildman–Crippen MR) is 76.7 cm³/mol. The van der Waals surface area contributed by atoms with Crippen LogP contribution in [0.25, 0.3) is 20.8 Å². The van der Waals surface area contributed by atoms with Gasteiger partial charge >= 0.3 is 0 Å². The summed E-state index contributed by atoms with van der Waals surface area (Å²) in [6.07, 6.45) is 0. The Hall–Kier alpha value is -2.24. The van der Waals surface area contributed by atoms with E-state index in [4.69, 9.17) is 5.84 Å². The van der Waals surface area contributed by atoms with Crippen LogP contribution in [0.4, 0.5) is 0 Å². The molecule has 3 N–H and O–H groups in total. The number of para-hydroxylation sites is 1. The van der Waals surface area contributed by atoms with Crippen LogP contribution in [-0.2, 0) is 0 Å². The number of aromatic nitrogens is 1. The number of nitrogens with zero attached hydrogens (tertiary/aromatic N) is 1. The second-order valence-corrected chi connectivity index (χ2v) is 5.07. The maximum absolute atomic E-state index is 11.4. The molecule has 0 aliphatic heterocycles. The third kappa shape index (κ3) is 2.21. The zero-order valence-electron chi connectivity index (χ0n) is 9.96. The molecular formula is C14H11N3OS. The highest BCUT2D eigenvalue weighted by Crippen LogP contribution is 2.29. The summed E-state index contributed by atoms with van der Waals surface area (Å²) in [5.41, 5.74) is 4.63. The molecular weight excluding hydrogens is 258 g/mol. The van der Waals surface area contributed by atoms with Gasteiger partial charge in [-0.25, -0.2) is 10.8 Å². The number of thiazole rings is 1. The van der Waals surface area contributed by atoms with E-state index in [1.54, 1.807) is 23.5 Å². The Kier molecular flexibility index (Phi) is 2.98. The van der Waals surface area contributed by atoms with Gasteiger partial charge in [-0.1, -0.05) is 24.3 Å². The van der Waals surface area contributed by atoms with E-state index in [0.29, 0.717) is 5.56 Å². The normalized spacial score (nSPS) is 10.6.